The van der Waals surface area contributed by atoms with E-state index in [4.69, 9.17) is 33.0 Å². The Bertz CT molecular complexity index is 632. The highest BCUT2D eigenvalue weighted by molar-refractivity contribution is 9.10. The molecule has 0 bridgehead atoms. The Kier molecular flexibility index (Phi) is 4.29. The standard InChI is InChI=1S/C12H6BrCl2NO3/c13-7-3-9(15)11(4-8(7)14)19-6-1-2-10(12(17)18)16-5-6/h1-5H,(H,17,18). The van der Waals surface area contributed by atoms with Crippen LogP contribution in [0.25, 0.3) is 0 Å². The first kappa shape index (κ1) is 14.1. The molecule has 2 rings (SSSR count). The fourth-order valence-corrected chi connectivity index (χ4v) is 2.11. The van der Waals surface area contributed by atoms with Crippen molar-refractivity contribution in [2.24, 2.45) is 0 Å². The predicted molar refractivity (Wildman–Crippen MR) is 75.4 cm³/mol. The van der Waals surface area contributed by atoms with Crippen LogP contribution in [0.1, 0.15) is 10.5 Å². The molecular weight excluding hydrogens is 357 g/mol. The smallest absolute Gasteiger partial charge is 0.354 e. The lowest BCUT2D eigenvalue weighted by Crippen LogP contribution is -1.99. The van der Waals surface area contributed by atoms with Crippen molar-refractivity contribution in [3.63, 3.8) is 0 Å². The second kappa shape index (κ2) is 5.77. The van der Waals surface area contributed by atoms with Gasteiger partial charge in [0.1, 0.15) is 17.2 Å². The summed E-state index contributed by atoms with van der Waals surface area (Å²) >= 11 is 15.2. The number of benzene rings is 1. The van der Waals surface area contributed by atoms with E-state index in [2.05, 4.69) is 20.9 Å². The molecule has 98 valence electrons. The molecule has 2 aromatic rings. The average molecular weight is 363 g/mol. The lowest BCUT2D eigenvalue weighted by molar-refractivity contribution is 0.0690. The fraction of sp³-hybridized carbons (Fsp3) is 0. The SMILES string of the molecule is O=C(O)c1ccc(Oc2cc(Cl)c(Br)cc2Cl)cn1. The van der Waals surface area contributed by atoms with Gasteiger partial charge in [0.2, 0.25) is 0 Å². The molecule has 0 atom stereocenters. The third kappa shape index (κ3) is 3.37. The van der Waals surface area contributed by atoms with Gasteiger partial charge in [0.05, 0.1) is 16.2 Å². The van der Waals surface area contributed by atoms with Crippen LogP contribution in [0.4, 0.5) is 0 Å². The van der Waals surface area contributed by atoms with Crippen molar-refractivity contribution < 1.29 is 14.6 Å². The summed E-state index contributed by atoms with van der Waals surface area (Å²) in [6.07, 6.45) is 1.30. The van der Waals surface area contributed by atoms with Gasteiger partial charge in [0.25, 0.3) is 0 Å². The Morgan fingerprint density at radius 2 is 2.00 bits per heavy atom. The van der Waals surface area contributed by atoms with Gasteiger partial charge in [-0.3, -0.25) is 0 Å². The molecule has 0 fully saturated rings. The highest BCUT2D eigenvalue weighted by Crippen LogP contribution is 2.36. The first-order chi connectivity index (χ1) is 8.97. The van der Waals surface area contributed by atoms with Gasteiger partial charge in [-0.1, -0.05) is 23.2 Å². The summed E-state index contributed by atoms with van der Waals surface area (Å²) in [5.74, 6) is -0.374. The number of rotatable bonds is 3. The zero-order chi connectivity index (χ0) is 14.0. The predicted octanol–water partition coefficient (Wildman–Crippen LogP) is 4.64. The normalized spacial score (nSPS) is 10.3. The number of carbonyl (C=O) groups is 1. The monoisotopic (exact) mass is 361 g/mol. The summed E-state index contributed by atoms with van der Waals surface area (Å²) in [6.45, 7) is 0. The van der Waals surface area contributed by atoms with E-state index in [9.17, 15) is 4.79 Å². The maximum absolute atomic E-state index is 10.7. The molecule has 0 amide bonds. The van der Waals surface area contributed by atoms with E-state index in [1.807, 2.05) is 0 Å². The average Bonchev–Trinajstić information content (AvgIpc) is 2.36. The van der Waals surface area contributed by atoms with Gasteiger partial charge in [-0.05, 0) is 34.1 Å². The second-order valence-electron chi connectivity index (χ2n) is 3.48. The van der Waals surface area contributed by atoms with Crippen LogP contribution in [0.3, 0.4) is 0 Å². The van der Waals surface area contributed by atoms with E-state index in [1.165, 1.54) is 18.3 Å². The van der Waals surface area contributed by atoms with Crippen molar-refractivity contribution >= 4 is 45.1 Å². The van der Waals surface area contributed by atoms with Gasteiger partial charge in [0, 0.05) is 10.5 Å². The number of pyridine rings is 1. The highest BCUT2D eigenvalue weighted by Gasteiger charge is 2.09. The summed E-state index contributed by atoms with van der Waals surface area (Å²) in [4.78, 5) is 14.4. The van der Waals surface area contributed by atoms with Crippen molar-refractivity contribution in [1.29, 1.82) is 0 Å². The molecule has 0 aliphatic carbocycles. The van der Waals surface area contributed by atoms with Crippen molar-refractivity contribution in [3.8, 4) is 11.5 Å². The Morgan fingerprint density at radius 3 is 2.58 bits per heavy atom. The Balaban J connectivity index is 2.26. The van der Waals surface area contributed by atoms with Crippen molar-refractivity contribution in [2.45, 2.75) is 0 Å². The number of carboxylic acid groups (broad SMARTS) is 1. The fourth-order valence-electron chi connectivity index (χ4n) is 1.28. The van der Waals surface area contributed by atoms with Crippen molar-refractivity contribution in [1.82, 2.24) is 4.98 Å². The van der Waals surface area contributed by atoms with E-state index in [0.717, 1.165) is 0 Å². The van der Waals surface area contributed by atoms with Crippen LogP contribution >= 0.6 is 39.1 Å². The minimum atomic E-state index is -1.10. The van der Waals surface area contributed by atoms with Crippen LogP contribution in [0.5, 0.6) is 11.5 Å². The molecule has 7 heteroatoms. The summed E-state index contributed by atoms with van der Waals surface area (Å²) in [7, 11) is 0. The molecule has 1 heterocycles. The number of halogens is 3. The molecular formula is C12H6BrCl2NO3. The van der Waals surface area contributed by atoms with Crippen LogP contribution in [-0.2, 0) is 0 Å². The minimum Gasteiger partial charge on any atom is -0.477 e. The van der Waals surface area contributed by atoms with E-state index < -0.39 is 5.97 Å². The lowest BCUT2D eigenvalue weighted by Gasteiger charge is -2.08. The Hall–Kier alpha value is -1.30. The third-order valence-electron chi connectivity index (χ3n) is 2.16. The topological polar surface area (TPSA) is 59.4 Å². The van der Waals surface area contributed by atoms with E-state index in [-0.39, 0.29) is 5.69 Å². The van der Waals surface area contributed by atoms with Crippen LogP contribution in [-0.4, -0.2) is 16.1 Å². The van der Waals surface area contributed by atoms with Gasteiger partial charge in [0.15, 0.2) is 0 Å². The van der Waals surface area contributed by atoms with Gasteiger partial charge in [-0.2, -0.15) is 0 Å². The summed E-state index contributed by atoms with van der Waals surface area (Å²) in [5, 5.41) is 9.56. The molecule has 4 nitrogen and oxygen atoms in total. The molecule has 0 unspecified atom stereocenters. The molecule has 0 aliphatic rings. The third-order valence-corrected chi connectivity index (χ3v) is 3.65. The minimum absolute atomic E-state index is 0.0627. The molecule has 19 heavy (non-hydrogen) atoms. The van der Waals surface area contributed by atoms with E-state index in [1.54, 1.807) is 12.1 Å². The van der Waals surface area contributed by atoms with Crippen molar-refractivity contribution in [2.75, 3.05) is 0 Å². The number of ether oxygens (including phenoxy) is 1. The molecule has 1 aromatic carbocycles. The maximum atomic E-state index is 10.7. The summed E-state index contributed by atoms with van der Waals surface area (Å²) in [5.41, 5.74) is -0.0627. The number of aromatic carboxylic acids is 1. The van der Waals surface area contributed by atoms with E-state index >= 15 is 0 Å². The zero-order valence-electron chi connectivity index (χ0n) is 9.23. The molecule has 0 aliphatic heterocycles. The number of hydrogen-bond donors (Lipinski definition) is 1. The Labute approximate surface area is 127 Å². The van der Waals surface area contributed by atoms with Crippen LogP contribution < -0.4 is 4.74 Å². The Morgan fingerprint density at radius 1 is 1.26 bits per heavy atom. The highest BCUT2D eigenvalue weighted by atomic mass is 79.9. The zero-order valence-corrected chi connectivity index (χ0v) is 12.3. The molecule has 1 N–H and O–H groups in total. The van der Waals surface area contributed by atoms with Gasteiger partial charge < -0.3 is 9.84 Å². The molecule has 0 saturated carbocycles. The second-order valence-corrected chi connectivity index (χ2v) is 5.15. The summed E-state index contributed by atoms with van der Waals surface area (Å²) < 4.78 is 6.15. The molecule has 0 saturated heterocycles. The molecule has 0 radical (unpaired) electrons. The largest absolute Gasteiger partial charge is 0.477 e. The number of nitrogens with zero attached hydrogens (tertiary/aromatic N) is 1. The first-order valence-electron chi connectivity index (χ1n) is 4.99. The first-order valence-corrected chi connectivity index (χ1v) is 6.54. The molecule has 1 aromatic heterocycles. The van der Waals surface area contributed by atoms with Gasteiger partial charge in [-0.25, -0.2) is 9.78 Å². The van der Waals surface area contributed by atoms with Crippen LogP contribution in [0, 0.1) is 0 Å². The van der Waals surface area contributed by atoms with Gasteiger partial charge >= 0.3 is 5.97 Å². The number of carboxylic acids is 1. The molecule has 0 spiro atoms. The lowest BCUT2D eigenvalue weighted by atomic mass is 10.3. The summed E-state index contributed by atoms with van der Waals surface area (Å²) in [6, 6.07) is 5.99. The number of hydrogen-bond acceptors (Lipinski definition) is 3. The van der Waals surface area contributed by atoms with Crippen LogP contribution in [0.2, 0.25) is 10.0 Å². The van der Waals surface area contributed by atoms with Crippen molar-refractivity contribution in [3.05, 3.63) is 50.7 Å². The van der Waals surface area contributed by atoms with E-state index in [0.29, 0.717) is 26.0 Å². The van der Waals surface area contributed by atoms with Gasteiger partial charge in [-0.15, -0.1) is 0 Å². The maximum Gasteiger partial charge on any atom is 0.354 e. The van der Waals surface area contributed by atoms with Crippen LogP contribution in [0.15, 0.2) is 34.9 Å². The number of aromatic nitrogens is 1. The quantitative estimate of drug-likeness (QED) is 0.808.